The van der Waals surface area contributed by atoms with Gasteiger partial charge in [-0.05, 0) is 45.7 Å². The maximum absolute atomic E-state index is 11.9. The number of hydrogen-bond donors (Lipinski definition) is 2. The van der Waals surface area contributed by atoms with Gasteiger partial charge in [-0.15, -0.1) is 0 Å². The standard InChI is InChI=1S/C15H24N2O2/c1-10-6-7-12(11(2)14(10)19-5)17-13(18)8-9-15(3,4)16/h6-7H,8-9,16H2,1-5H3,(H,17,18). The molecule has 0 aromatic heterocycles. The van der Waals surface area contributed by atoms with Crippen LogP contribution >= 0.6 is 0 Å². The molecular formula is C15H24N2O2. The number of benzene rings is 1. The molecule has 0 unspecified atom stereocenters. The number of amides is 1. The highest BCUT2D eigenvalue weighted by Crippen LogP contribution is 2.29. The Balaban J connectivity index is 2.75. The minimum atomic E-state index is -0.322. The molecule has 1 amide bonds. The van der Waals surface area contributed by atoms with Crippen molar-refractivity contribution < 1.29 is 9.53 Å². The summed E-state index contributed by atoms with van der Waals surface area (Å²) < 4.78 is 5.34. The van der Waals surface area contributed by atoms with Gasteiger partial charge in [-0.3, -0.25) is 4.79 Å². The second kappa shape index (κ2) is 6.06. The molecule has 0 heterocycles. The predicted molar refractivity (Wildman–Crippen MR) is 78.6 cm³/mol. The number of aryl methyl sites for hydroxylation is 1. The van der Waals surface area contributed by atoms with E-state index in [1.54, 1.807) is 7.11 Å². The molecule has 4 heteroatoms. The fourth-order valence-electron chi connectivity index (χ4n) is 1.92. The van der Waals surface area contributed by atoms with Crippen molar-refractivity contribution in [3.05, 3.63) is 23.3 Å². The monoisotopic (exact) mass is 264 g/mol. The molecule has 106 valence electrons. The molecule has 3 N–H and O–H groups in total. The molecule has 19 heavy (non-hydrogen) atoms. The van der Waals surface area contributed by atoms with Gasteiger partial charge in [-0.1, -0.05) is 6.07 Å². The zero-order valence-electron chi connectivity index (χ0n) is 12.5. The normalized spacial score (nSPS) is 11.3. The number of carbonyl (C=O) groups is 1. The van der Waals surface area contributed by atoms with Gasteiger partial charge in [0.1, 0.15) is 5.75 Å². The third kappa shape index (κ3) is 4.56. The average molecular weight is 264 g/mol. The number of methoxy groups -OCH3 is 1. The van der Waals surface area contributed by atoms with Gasteiger partial charge >= 0.3 is 0 Å². The molecule has 0 spiro atoms. The quantitative estimate of drug-likeness (QED) is 0.859. The highest BCUT2D eigenvalue weighted by atomic mass is 16.5. The van der Waals surface area contributed by atoms with Gasteiger partial charge < -0.3 is 15.8 Å². The van der Waals surface area contributed by atoms with Crippen molar-refractivity contribution in [2.24, 2.45) is 5.73 Å². The Bertz CT molecular complexity index is 462. The third-order valence-electron chi connectivity index (χ3n) is 3.08. The van der Waals surface area contributed by atoms with Crippen LogP contribution in [-0.2, 0) is 4.79 Å². The Kier molecular flexibility index (Phi) is 4.95. The molecule has 1 aromatic carbocycles. The van der Waals surface area contributed by atoms with Crippen molar-refractivity contribution >= 4 is 11.6 Å². The van der Waals surface area contributed by atoms with Gasteiger partial charge in [0.15, 0.2) is 0 Å². The van der Waals surface area contributed by atoms with E-state index < -0.39 is 0 Å². The van der Waals surface area contributed by atoms with E-state index in [4.69, 9.17) is 10.5 Å². The molecule has 1 aromatic rings. The van der Waals surface area contributed by atoms with E-state index >= 15 is 0 Å². The lowest BCUT2D eigenvalue weighted by Gasteiger charge is -2.18. The highest BCUT2D eigenvalue weighted by Gasteiger charge is 2.15. The molecular weight excluding hydrogens is 240 g/mol. The van der Waals surface area contributed by atoms with Crippen LogP contribution in [-0.4, -0.2) is 18.6 Å². The van der Waals surface area contributed by atoms with Crippen LogP contribution in [0.4, 0.5) is 5.69 Å². The summed E-state index contributed by atoms with van der Waals surface area (Å²) in [5, 5.41) is 2.91. The summed E-state index contributed by atoms with van der Waals surface area (Å²) in [5.41, 5.74) is 8.35. The molecule has 0 aliphatic rings. The highest BCUT2D eigenvalue weighted by molar-refractivity contribution is 5.92. The van der Waals surface area contributed by atoms with Gasteiger partial charge in [0.05, 0.1) is 7.11 Å². The van der Waals surface area contributed by atoms with E-state index in [1.165, 1.54) is 0 Å². The smallest absolute Gasteiger partial charge is 0.224 e. The van der Waals surface area contributed by atoms with Gasteiger partial charge in [-0.25, -0.2) is 0 Å². The van der Waals surface area contributed by atoms with Crippen LogP contribution < -0.4 is 15.8 Å². The van der Waals surface area contributed by atoms with Crippen molar-refractivity contribution in [2.75, 3.05) is 12.4 Å². The first kappa shape index (κ1) is 15.5. The fourth-order valence-corrected chi connectivity index (χ4v) is 1.92. The number of rotatable bonds is 5. The second-order valence-electron chi connectivity index (χ2n) is 5.63. The van der Waals surface area contributed by atoms with E-state index in [-0.39, 0.29) is 11.4 Å². The molecule has 0 aliphatic carbocycles. The van der Waals surface area contributed by atoms with E-state index in [0.717, 1.165) is 22.6 Å². The Morgan fingerprint density at radius 3 is 2.53 bits per heavy atom. The number of ether oxygens (including phenoxy) is 1. The third-order valence-corrected chi connectivity index (χ3v) is 3.08. The number of carbonyl (C=O) groups excluding carboxylic acids is 1. The topological polar surface area (TPSA) is 64.3 Å². The number of anilines is 1. The van der Waals surface area contributed by atoms with Crippen molar-refractivity contribution in [1.29, 1.82) is 0 Å². The Hall–Kier alpha value is -1.55. The molecule has 0 radical (unpaired) electrons. The van der Waals surface area contributed by atoms with E-state index in [2.05, 4.69) is 5.32 Å². The van der Waals surface area contributed by atoms with E-state index in [9.17, 15) is 4.79 Å². The first-order valence-corrected chi connectivity index (χ1v) is 6.47. The lowest BCUT2D eigenvalue weighted by atomic mass is 10.00. The first-order valence-electron chi connectivity index (χ1n) is 6.47. The number of nitrogens with one attached hydrogen (secondary N) is 1. The second-order valence-corrected chi connectivity index (χ2v) is 5.63. The SMILES string of the molecule is COc1c(C)ccc(NC(=O)CCC(C)(C)N)c1C. The zero-order chi connectivity index (χ0) is 14.6. The van der Waals surface area contributed by atoms with Crippen LogP contribution in [0.2, 0.25) is 0 Å². The first-order chi connectivity index (χ1) is 8.74. The van der Waals surface area contributed by atoms with Crippen molar-refractivity contribution in [2.45, 2.75) is 46.1 Å². The summed E-state index contributed by atoms with van der Waals surface area (Å²) in [4.78, 5) is 11.9. The largest absolute Gasteiger partial charge is 0.496 e. The lowest BCUT2D eigenvalue weighted by Crippen LogP contribution is -2.33. The molecule has 0 saturated carbocycles. The van der Waals surface area contributed by atoms with Crippen molar-refractivity contribution in [1.82, 2.24) is 0 Å². The summed E-state index contributed by atoms with van der Waals surface area (Å²) in [6, 6.07) is 3.84. The lowest BCUT2D eigenvalue weighted by molar-refractivity contribution is -0.116. The van der Waals surface area contributed by atoms with Crippen LogP contribution in [0.25, 0.3) is 0 Å². The molecule has 4 nitrogen and oxygen atoms in total. The van der Waals surface area contributed by atoms with Crippen LogP contribution in [0.3, 0.4) is 0 Å². The summed E-state index contributed by atoms with van der Waals surface area (Å²) in [6.45, 7) is 7.75. The molecule has 0 aliphatic heterocycles. The van der Waals surface area contributed by atoms with Crippen LogP contribution in [0.5, 0.6) is 5.75 Å². The summed E-state index contributed by atoms with van der Waals surface area (Å²) >= 11 is 0. The maximum atomic E-state index is 11.9. The predicted octanol–water partition coefficient (Wildman–Crippen LogP) is 2.77. The minimum Gasteiger partial charge on any atom is -0.496 e. The average Bonchev–Trinajstić information content (AvgIpc) is 2.30. The van der Waals surface area contributed by atoms with Gasteiger partial charge in [0, 0.05) is 23.2 Å². The van der Waals surface area contributed by atoms with Gasteiger partial charge in [0.25, 0.3) is 0 Å². The zero-order valence-corrected chi connectivity index (χ0v) is 12.5. The summed E-state index contributed by atoms with van der Waals surface area (Å²) in [5.74, 6) is 0.796. The Labute approximate surface area is 115 Å². The fraction of sp³-hybridized carbons (Fsp3) is 0.533. The minimum absolute atomic E-state index is 0.0208. The van der Waals surface area contributed by atoms with Crippen molar-refractivity contribution in [3.63, 3.8) is 0 Å². The summed E-state index contributed by atoms with van der Waals surface area (Å²) in [6.07, 6.45) is 1.07. The van der Waals surface area contributed by atoms with Gasteiger partial charge in [-0.2, -0.15) is 0 Å². The van der Waals surface area contributed by atoms with Crippen molar-refractivity contribution in [3.8, 4) is 5.75 Å². The molecule has 0 fully saturated rings. The maximum Gasteiger partial charge on any atom is 0.224 e. The molecule has 1 rings (SSSR count). The van der Waals surface area contributed by atoms with Crippen LogP contribution in [0.1, 0.15) is 37.8 Å². The number of hydrogen-bond acceptors (Lipinski definition) is 3. The molecule has 0 saturated heterocycles. The molecule has 0 bridgehead atoms. The van der Waals surface area contributed by atoms with E-state index in [0.29, 0.717) is 12.8 Å². The van der Waals surface area contributed by atoms with Crippen LogP contribution in [0, 0.1) is 13.8 Å². The Morgan fingerprint density at radius 1 is 1.37 bits per heavy atom. The van der Waals surface area contributed by atoms with Crippen LogP contribution in [0.15, 0.2) is 12.1 Å². The number of nitrogens with two attached hydrogens (primary N) is 1. The van der Waals surface area contributed by atoms with E-state index in [1.807, 2.05) is 39.8 Å². The Morgan fingerprint density at radius 2 is 2.00 bits per heavy atom. The van der Waals surface area contributed by atoms with Gasteiger partial charge in [0.2, 0.25) is 5.91 Å². The summed E-state index contributed by atoms with van der Waals surface area (Å²) in [7, 11) is 1.64. The molecule has 0 atom stereocenters.